The zero-order chi connectivity index (χ0) is 19.2. The number of oxazole rings is 1. The lowest BCUT2D eigenvalue weighted by molar-refractivity contribution is 0.444. The summed E-state index contributed by atoms with van der Waals surface area (Å²) in [6.07, 6.45) is 1.90. The van der Waals surface area contributed by atoms with Crippen LogP contribution in [0.3, 0.4) is 0 Å². The van der Waals surface area contributed by atoms with Gasteiger partial charge in [-0.05, 0) is 31.0 Å². The van der Waals surface area contributed by atoms with Gasteiger partial charge in [-0.2, -0.15) is 10.1 Å². The lowest BCUT2D eigenvalue weighted by Gasteiger charge is -2.24. The van der Waals surface area contributed by atoms with Gasteiger partial charge in [0.25, 0.3) is 11.6 Å². The Bertz CT molecular complexity index is 1030. The zero-order valence-corrected chi connectivity index (χ0v) is 15.8. The number of rotatable bonds is 3. The number of aromatic nitrogens is 3. The molecule has 0 spiro atoms. The molecule has 3 aromatic rings. The van der Waals surface area contributed by atoms with Crippen LogP contribution in [0.25, 0.3) is 11.1 Å². The third-order valence-electron chi connectivity index (χ3n) is 4.98. The Balaban J connectivity index is 1.63. The fourth-order valence-corrected chi connectivity index (χ4v) is 3.47. The molecule has 4 rings (SSSR count). The maximum atomic E-state index is 13.4. The van der Waals surface area contributed by atoms with E-state index in [1.807, 2.05) is 0 Å². The van der Waals surface area contributed by atoms with E-state index >= 15 is 0 Å². The van der Waals surface area contributed by atoms with Crippen molar-refractivity contribution in [3.8, 4) is 0 Å². The SMILES string of the molecule is CC(C)(C)c1ccc(=O)n(CC2CCCN2c2nc3cc(F)ccc3o2)n1. The molecule has 1 aliphatic rings. The van der Waals surface area contributed by atoms with Crippen LogP contribution in [0.5, 0.6) is 0 Å². The Morgan fingerprint density at radius 3 is 2.85 bits per heavy atom. The van der Waals surface area contributed by atoms with Gasteiger partial charge >= 0.3 is 0 Å². The van der Waals surface area contributed by atoms with Crippen LogP contribution in [0.2, 0.25) is 0 Å². The summed E-state index contributed by atoms with van der Waals surface area (Å²) in [7, 11) is 0. The second-order valence-electron chi connectivity index (χ2n) is 8.09. The highest BCUT2D eigenvalue weighted by molar-refractivity contribution is 5.74. The number of hydrogen-bond acceptors (Lipinski definition) is 5. The highest BCUT2D eigenvalue weighted by atomic mass is 19.1. The molecule has 1 unspecified atom stereocenters. The second-order valence-corrected chi connectivity index (χ2v) is 8.09. The van der Waals surface area contributed by atoms with Gasteiger partial charge in [0.05, 0.1) is 18.3 Å². The first-order valence-electron chi connectivity index (χ1n) is 9.23. The number of hydrogen-bond donors (Lipinski definition) is 0. The molecule has 0 aliphatic carbocycles. The third-order valence-corrected chi connectivity index (χ3v) is 4.98. The van der Waals surface area contributed by atoms with Gasteiger partial charge in [0.15, 0.2) is 5.58 Å². The maximum Gasteiger partial charge on any atom is 0.298 e. The van der Waals surface area contributed by atoms with Crippen molar-refractivity contribution in [2.24, 2.45) is 0 Å². The first kappa shape index (κ1) is 17.7. The van der Waals surface area contributed by atoms with Crippen LogP contribution in [0.4, 0.5) is 10.4 Å². The minimum Gasteiger partial charge on any atom is -0.423 e. The summed E-state index contributed by atoms with van der Waals surface area (Å²) in [5.74, 6) is -0.338. The fraction of sp³-hybridized carbons (Fsp3) is 0.450. The molecule has 1 fully saturated rings. The smallest absolute Gasteiger partial charge is 0.298 e. The lowest BCUT2D eigenvalue weighted by Crippen LogP contribution is -2.38. The van der Waals surface area contributed by atoms with Crippen LogP contribution in [-0.4, -0.2) is 27.4 Å². The van der Waals surface area contributed by atoms with Gasteiger partial charge in [-0.3, -0.25) is 4.79 Å². The Morgan fingerprint density at radius 2 is 2.07 bits per heavy atom. The second kappa shape index (κ2) is 6.48. The summed E-state index contributed by atoms with van der Waals surface area (Å²) in [6, 6.07) is 8.22. The van der Waals surface area contributed by atoms with Gasteiger partial charge in [-0.1, -0.05) is 20.8 Å². The quantitative estimate of drug-likeness (QED) is 0.706. The van der Waals surface area contributed by atoms with Crippen molar-refractivity contribution in [2.45, 2.75) is 51.6 Å². The first-order valence-corrected chi connectivity index (χ1v) is 9.23. The van der Waals surface area contributed by atoms with Crippen molar-refractivity contribution in [3.63, 3.8) is 0 Å². The van der Waals surface area contributed by atoms with Crippen LogP contribution in [0.1, 0.15) is 39.3 Å². The highest BCUT2D eigenvalue weighted by Crippen LogP contribution is 2.29. The van der Waals surface area contributed by atoms with E-state index in [1.165, 1.54) is 16.8 Å². The van der Waals surface area contributed by atoms with E-state index in [2.05, 4.69) is 35.8 Å². The van der Waals surface area contributed by atoms with E-state index < -0.39 is 0 Å². The standard InChI is InChI=1S/C20H23FN4O2/c1-20(2,3)17-8-9-18(26)25(23-17)12-14-5-4-10-24(14)19-22-15-11-13(21)6-7-16(15)27-19/h6-9,11,14H,4-5,10,12H2,1-3H3. The van der Waals surface area contributed by atoms with Crippen molar-refractivity contribution in [1.82, 2.24) is 14.8 Å². The molecule has 1 saturated heterocycles. The fourth-order valence-electron chi connectivity index (χ4n) is 3.47. The van der Waals surface area contributed by atoms with Crippen molar-refractivity contribution in [1.29, 1.82) is 0 Å². The Hall–Kier alpha value is -2.70. The molecule has 3 heterocycles. The molecule has 142 valence electrons. The van der Waals surface area contributed by atoms with E-state index in [4.69, 9.17) is 4.42 Å². The Kier molecular flexibility index (Phi) is 4.25. The molecule has 1 aliphatic heterocycles. The number of nitrogens with zero attached hydrogens (tertiary/aromatic N) is 4. The van der Waals surface area contributed by atoms with Crippen molar-refractivity contribution < 1.29 is 8.81 Å². The summed E-state index contributed by atoms with van der Waals surface area (Å²) in [5, 5.41) is 4.57. The predicted octanol–water partition coefficient (Wildman–Crippen LogP) is 3.49. The molecule has 1 atom stereocenters. The van der Waals surface area contributed by atoms with E-state index in [1.54, 1.807) is 18.2 Å². The van der Waals surface area contributed by atoms with E-state index in [9.17, 15) is 9.18 Å². The van der Waals surface area contributed by atoms with Gasteiger partial charge < -0.3 is 9.32 Å². The topological polar surface area (TPSA) is 64.2 Å². The molecule has 6 nitrogen and oxygen atoms in total. The number of benzene rings is 1. The van der Waals surface area contributed by atoms with Crippen LogP contribution >= 0.6 is 0 Å². The Labute approximate surface area is 156 Å². The molecule has 0 bridgehead atoms. The minimum atomic E-state index is -0.338. The first-order chi connectivity index (χ1) is 12.8. The molecule has 0 saturated carbocycles. The average Bonchev–Trinajstić information content (AvgIpc) is 3.21. The van der Waals surface area contributed by atoms with Gasteiger partial charge in [0, 0.05) is 24.1 Å². The summed E-state index contributed by atoms with van der Waals surface area (Å²) >= 11 is 0. The van der Waals surface area contributed by atoms with Gasteiger partial charge in [-0.15, -0.1) is 0 Å². The molecule has 1 aromatic carbocycles. The molecular formula is C20H23FN4O2. The number of halogens is 1. The summed E-state index contributed by atoms with van der Waals surface area (Å²) in [6.45, 7) is 7.47. The van der Waals surface area contributed by atoms with Crippen molar-refractivity contribution >= 4 is 17.1 Å². The minimum absolute atomic E-state index is 0.0586. The molecule has 7 heteroatoms. The van der Waals surface area contributed by atoms with Gasteiger partial charge in [0.2, 0.25) is 0 Å². The molecule has 27 heavy (non-hydrogen) atoms. The molecular weight excluding hydrogens is 347 g/mol. The van der Waals surface area contributed by atoms with Crippen LogP contribution in [0, 0.1) is 5.82 Å². The van der Waals surface area contributed by atoms with Gasteiger partial charge in [0.1, 0.15) is 11.3 Å². The van der Waals surface area contributed by atoms with Crippen LogP contribution in [-0.2, 0) is 12.0 Å². The predicted molar refractivity (Wildman–Crippen MR) is 102 cm³/mol. The number of anilines is 1. The highest BCUT2D eigenvalue weighted by Gasteiger charge is 2.29. The maximum absolute atomic E-state index is 13.4. The molecule has 0 N–H and O–H groups in total. The summed E-state index contributed by atoms with van der Waals surface area (Å²) < 4.78 is 20.8. The van der Waals surface area contributed by atoms with E-state index in [-0.39, 0.29) is 22.8 Å². The van der Waals surface area contributed by atoms with E-state index in [0.29, 0.717) is 23.7 Å². The zero-order valence-electron chi connectivity index (χ0n) is 15.8. The summed E-state index contributed by atoms with van der Waals surface area (Å²) in [5.41, 5.74) is 1.69. The number of fused-ring (bicyclic) bond motifs is 1. The third kappa shape index (κ3) is 3.46. The molecule has 0 amide bonds. The van der Waals surface area contributed by atoms with Gasteiger partial charge in [-0.25, -0.2) is 9.07 Å². The van der Waals surface area contributed by atoms with E-state index in [0.717, 1.165) is 25.1 Å². The molecule has 0 radical (unpaired) electrons. The van der Waals surface area contributed by atoms with Crippen molar-refractivity contribution in [2.75, 3.05) is 11.4 Å². The normalized spacial score (nSPS) is 17.8. The average molecular weight is 370 g/mol. The van der Waals surface area contributed by atoms with Crippen molar-refractivity contribution in [3.05, 3.63) is 52.2 Å². The largest absolute Gasteiger partial charge is 0.423 e. The Morgan fingerprint density at radius 1 is 1.26 bits per heavy atom. The molecule has 2 aromatic heterocycles. The monoisotopic (exact) mass is 370 g/mol. The van der Waals surface area contributed by atoms with Crippen LogP contribution < -0.4 is 10.5 Å². The van der Waals surface area contributed by atoms with Crippen LogP contribution in [0.15, 0.2) is 39.5 Å². The lowest BCUT2D eigenvalue weighted by atomic mass is 9.92. The summed E-state index contributed by atoms with van der Waals surface area (Å²) in [4.78, 5) is 18.8.